The fraction of sp³-hybridized carbons (Fsp3) is 0.600. The van der Waals surface area contributed by atoms with Crippen LogP contribution in [-0.4, -0.2) is 38.7 Å². The SMILES string of the molecule is Cn1cc(C(=O)N2[C@@H]3CCC[C@H]2CC(O)C3)ccc1=O. The average Bonchev–Trinajstić information content (AvgIpc) is 2.40. The molecule has 2 aliphatic heterocycles. The van der Waals surface area contributed by atoms with Crippen LogP contribution in [0.4, 0.5) is 0 Å². The Balaban J connectivity index is 1.89. The first-order valence-corrected chi connectivity index (χ1v) is 7.23. The van der Waals surface area contributed by atoms with E-state index in [4.69, 9.17) is 0 Å². The average molecular weight is 276 g/mol. The summed E-state index contributed by atoms with van der Waals surface area (Å²) < 4.78 is 1.43. The van der Waals surface area contributed by atoms with E-state index in [-0.39, 0.29) is 29.7 Å². The molecule has 1 unspecified atom stereocenters. The summed E-state index contributed by atoms with van der Waals surface area (Å²) in [6.07, 6.45) is 5.72. The lowest BCUT2D eigenvalue weighted by molar-refractivity contribution is -0.0151. The van der Waals surface area contributed by atoms with Gasteiger partial charge in [0.2, 0.25) is 5.56 Å². The van der Waals surface area contributed by atoms with Crippen LogP contribution in [0.5, 0.6) is 0 Å². The second-order valence-corrected chi connectivity index (χ2v) is 5.94. The number of carbonyl (C=O) groups is 1. The quantitative estimate of drug-likeness (QED) is 0.829. The van der Waals surface area contributed by atoms with E-state index in [1.165, 1.54) is 10.6 Å². The Kier molecular flexibility index (Phi) is 3.38. The molecule has 0 aromatic carbocycles. The number of pyridine rings is 1. The van der Waals surface area contributed by atoms with Gasteiger partial charge in [0.1, 0.15) is 0 Å². The van der Waals surface area contributed by atoms with Crippen LogP contribution in [0, 0.1) is 0 Å². The van der Waals surface area contributed by atoms with Crippen LogP contribution in [-0.2, 0) is 7.05 Å². The van der Waals surface area contributed by atoms with Gasteiger partial charge in [-0.05, 0) is 38.2 Å². The van der Waals surface area contributed by atoms with Gasteiger partial charge in [-0.1, -0.05) is 0 Å². The summed E-state index contributed by atoms with van der Waals surface area (Å²) in [6.45, 7) is 0. The number of piperidine rings is 2. The number of carbonyl (C=O) groups excluding carboxylic acids is 1. The lowest BCUT2D eigenvalue weighted by atomic mass is 9.82. The van der Waals surface area contributed by atoms with E-state index in [9.17, 15) is 14.7 Å². The van der Waals surface area contributed by atoms with Crippen LogP contribution in [0.25, 0.3) is 0 Å². The molecule has 3 atom stereocenters. The van der Waals surface area contributed by atoms with Gasteiger partial charge in [-0.25, -0.2) is 0 Å². The molecule has 0 aliphatic carbocycles. The number of nitrogens with zero attached hydrogens (tertiary/aromatic N) is 2. The molecule has 1 aromatic rings. The van der Waals surface area contributed by atoms with E-state index in [0.717, 1.165) is 19.3 Å². The van der Waals surface area contributed by atoms with Crippen molar-refractivity contribution >= 4 is 5.91 Å². The van der Waals surface area contributed by atoms with E-state index >= 15 is 0 Å². The van der Waals surface area contributed by atoms with Gasteiger partial charge in [-0.15, -0.1) is 0 Å². The highest BCUT2D eigenvalue weighted by Crippen LogP contribution is 2.34. The van der Waals surface area contributed by atoms with Crippen LogP contribution >= 0.6 is 0 Å². The molecule has 0 radical (unpaired) electrons. The molecule has 1 amide bonds. The molecule has 3 rings (SSSR count). The van der Waals surface area contributed by atoms with Gasteiger partial charge in [0.25, 0.3) is 5.91 Å². The van der Waals surface area contributed by atoms with E-state index in [1.807, 2.05) is 4.90 Å². The zero-order chi connectivity index (χ0) is 14.3. The first-order chi connectivity index (χ1) is 9.56. The molecule has 0 saturated carbocycles. The summed E-state index contributed by atoms with van der Waals surface area (Å²) in [4.78, 5) is 26.1. The molecule has 2 bridgehead atoms. The molecule has 2 aliphatic rings. The molecule has 0 spiro atoms. The zero-order valence-electron chi connectivity index (χ0n) is 11.7. The molecule has 5 nitrogen and oxygen atoms in total. The fourth-order valence-electron chi connectivity index (χ4n) is 3.55. The Labute approximate surface area is 117 Å². The van der Waals surface area contributed by atoms with Crippen molar-refractivity contribution < 1.29 is 9.90 Å². The highest BCUT2D eigenvalue weighted by Gasteiger charge is 2.40. The van der Waals surface area contributed by atoms with Gasteiger partial charge in [-0.3, -0.25) is 9.59 Å². The monoisotopic (exact) mass is 276 g/mol. The minimum absolute atomic E-state index is 0.0119. The molecule has 2 saturated heterocycles. The number of amides is 1. The number of aryl methyl sites for hydroxylation is 1. The predicted octanol–water partition coefficient (Wildman–Crippen LogP) is 0.903. The van der Waals surface area contributed by atoms with Crippen LogP contribution in [0.1, 0.15) is 42.5 Å². The maximum atomic E-state index is 12.7. The topological polar surface area (TPSA) is 62.5 Å². The Morgan fingerprint density at radius 2 is 1.90 bits per heavy atom. The molecule has 2 fully saturated rings. The molecule has 5 heteroatoms. The van der Waals surface area contributed by atoms with Crippen LogP contribution < -0.4 is 5.56 Å². The Morgan fingerprint density at radius 1 is 1.25 bits per heavy atom. The molecular weight excluding hydrogens is 256 g/mol. The second-order valence-electron chi connectivity index (χ2n) is 5.94. The van der Waals surface area contributed by atoms with Crippen molar-refractivity contribution in [3.63, 3.8) is 0 Å². The van der Waals surface area contributed by atoms with Gasteiger partial charge in [0.15, 0.2) is 0 Å². The third-order valence-corrected chi connectivity index (χ3v) is 4.52. The number of aliphatic hydroxyl groups excluding tert-OH is 1. The van der Waals surface area contributed by atoms with Crippen molar-refractivity contribution in [1.82, 2.24) is 9.47 Å². The Bertz CT molecular complexity index is 567. The van der Waals surface area contributed by atoms with Gasteiger partial charge >= 0.3 is 0 Å². The van der Waals surface area contributed by atoms with E-state index in [0.29, 0.717) is 18.4 Å². The largest absolute Gasteiger partial charge is 0.393 e. The predicted molar refractivity (Wildman–Crippen MR) is 74.5 cm³/mol. The maximum Gasteiger partial charge on any atom is 0.255 e. The summed E-state index contributed by atoms with van der Waals surface area (Å²) in [5.74, 6) is -0.0119. The van der Waals surface area contributed by atoms with E-state index in [1.54, 1.807) is 19.3 Å². The molecule has 20 heavy (non-hydrogen) atoms. The molecule has 3 heterocycles. The van der Waals surface area contributed by atoms with Crippen molar-refractivity contribution in [1.29, 1.82) is 0 Å². The number of rotatable bonds is 1. The number of aromatic nitrogens is 1. The Morgan fingerprint density at radius 3 is 2.50 bits per heavy atom. The van der Waals surface area contributed by atoms with Crippen LogP contribution in [0.2, 0.25) is 0 Å². The van der Waals surface area contributed by atoms with Gasteiger partial charge in [0.05, 0.1) is 11.7 Å². The first kappa shape index (κ1) is 13.4. The Hall–Kier alpha value is -1.62. The summed E-state index contributed by atoms with van der Waals surface area (Å²) in [5, 5.41) is 9.88. The van der Waals surface area contributed by atoms with Crippen molar-refractivity contribution in [3.05, 3.63) is 34.2 Å². The van der Waals surface area contributed by atoms with Crippen molar-refractivity contribution in [2.75, 3.05) is 0 Å². The summed E-state index contributed by atoms with van der Waals surface area (Å²) >= 11 is 0. The smallest absolute Gasteiger partial charge is 0.255 e. The summed E-state index contributed by atoms with van der Waals surface area (Å²) in [7, 11) is 1.65. The van der Waals surface area contributed by atoms with Crippen LogP contribution in [0.15, 0.2) is 23.1 Å². The number of hydrogen-bond acceptors (Lipinski definition) is 3. The number of hydrogen-bond donors (Lipinski definition) is 1. The van der Waals surface area contributed by atoms with Crippen molar-refractivity contribution in [3.8, 4) is 0 Å². The maximum absolute atomic E-state index is 12.7. The summed E-state index contributed by atoms with van der Waals surface area (Å²) in [6, 6.07) is 3.32. The molecule has 1 aromatic heterocycles. The third-order valence-electron chi connectivity index (χ3n) is 4.52. The minimum Gasteiger partial charge on any atom is -0.393 e. The van der Waals surface area contributed by atoms with Crippen molar-refractivity contribution in [2.24, 2.45) is 7.05 Å². The minimum atomic E-state index is -0.283. The normalized spacial score (nSPS) is 29.3. The van der Waals surface area contributed by atoms with Gasteiger partial charge in [-0.2, -0.15) is 0 Å². The number of aliphatic hydroxyl groups is 1. The first-order valence-electron chi connectivity index (χ1n) is 7.23. The van der Waals surface area contributed by atoms with E-state index < -0.39 is 0 Å². The van der Waals surface area contributed by atoms with E-state index in [2.05, 4.69) is 0 Å². The highest BCUT2D eigenvalue weighted by atomic mass is 16.3. The van der Waals surface area contributed by atoms with Gasteiger partial charge < -0.3 is 14.6 Å². The lowest BCUT2D eigenvalue weighted by Gasteiger charge is -2.47. The summed E-state index contributed by atoms with van der Waals surface area (Å²) in [5.41, 5.74) is 0.441. The lowest BCUT2D eigenvalue weighted by Crippen LogP contribution is -2.56. The fourth-order valence-corrected chi connectivity index (χ4v) is 3.55. The number of fused-ring (bicyclic) bond motifs is 2. The van der Waals surface area contributed by atoms with Crippen molar-refractivity contribution in [2.45, 2.75) is 50.3 Å². The van der Waals surface area contributed by atoms with Crippen LogP contribution in [0.3, 0.4) is 0 Å². The molecular formula is C15H20N2O3. The zero-order valence-corrected chi connectivity index (χ0v) is 11.7. The highest BCUT2D eigenvalue weighted by molar-refractivity contribution is 5.94. The van der Waals surface area contributed by atoms with Gasteiger partial charge in [0, 0.05) is 31.4 Å². The third kappa shape index (κ3) is 2.26. The molecule has 108 valence electrons. The standard InChI is InChI=1S/C15H20N2O3/c1-16-9-10(5-6-14(16)19)15(20)17-11-3-2-4-12(17)8-13(18)7-11/h5-6,9,11-13,18H,2-4,7-8H2,1H3/t11-,12+,13?. The molecule has 1 N–H and O–H groups in total. The second kappa shape index (κ2) is 5.05.